The Labute approximate surface area is 146 Å². The van der Waals surface area contributed by atoms with Crippen LogP contribution in [-0.2, 0) is 15.8 Å². The van der Waals surface area contributed by atoms with Crippen molar-refractivity contribution in [1.82, 2.24) is 0 Å². The summed E-state index contributed by atoms with van der Waals surface area (Å²) >= 11 is 5.60. The van der Waals surface area contributed by atoms with Gasteiger partial charge in [0.1, 0.15) is 0 Å². The molecule has 0 aliphatic heterocycles. The zero-order valence-corrected chi connectivity index (χ0v) is 13.9. The highest BCUT2D eigenvalue weighted by Crippen LogP contribution is 2.43. The number of hydrogen-bond donors (Lipinski definition) is 2. The van der Waals surface area contributed by atoms with Crippen LogP contribution in [0.5, 0.6) is 0 Å². The minimum absolute atomic E-state index is 0.0912. The molecule has 0 saturated carbocycles. The van der Waals surface area contributed by atoms with E-state index in [0.717, 1.165) is 12.1 Å². The van der Waals surface area contributed by atoms with Crippen LogP contribution in [0.15, 0.2) is 41.0 Å². The monoisotopic (exact) mass is 374 g/mol. The van der Waals surface area contributed by atoms with Crippen molar-refractivity contribution >= 4 is 23.5 Å². The summed E-state index contributed by atoms with van der Waals surface area (Å²) in [5.41, 5.74) is -0.696. The number of allylic oxidation sites excluding steroid dienone is 1. The molecule has 2 atom stereocenters. The van der Waals surface area contributed by atoms with E-state index in [1.807, 2.05) is 0 Å². The Kier molecular flexibility index (Phi) is 4.99. The molecule has 25 heavy (non-hydrogen) atoms. The average Bonchev–Trinajstić information content (AvgIpc) is 2.44. The summed E-state index contributed by atoms with van der Waals surface area (Å²) < 4.78 is 39.2. The van der Waals surface area contributed by atoms with Crippen molar-refractivity contribution in [2.24, 2.45) is 5.92 Å². The third-order valence-corrected chi connectivity index (χ3v) is 4.53. The summed E-state index contributed by atoms with van der Waals surface area (Å²) in [6.07, 6.45) is -3.31. The number of benzene rings is 1. The number of carboxylic acids is 2. The van der Waals surface area contributed by atoms with Crippen molar-refractivity contribution in [2.45, 2.75) is 25.9 Å². The minimum Gasteiger partial charge on any atom is -0.481 e. The van der Waals surface area contributed by atoms with Gasteiger partial charge in [0.2, 0.25) is 0 Å². The van der Waals surface area contributed by atoms with Gasteiger partial charge in [0.15, 0.2) is 0 Å². The highest BCUT2D eigenvalue weighted by molar-refractivity contribution is 6.31. The maximum atomic E-state index is 13.1. The Bertz CT molecular complexity index is 809. The van der Waals surface area contributed by atoms with Gasteiger partial charge in [-0.2, -0.15) is 13.2 Å². The smallest absolute Gasteiger partial charge is 0.417 e. The Balaban J connectivity index is 2.63. The van der Waals surface area contributed by atoms with Crippen LogP contribution in [0.25, 0.3) is 0 Å². The van der Waals surface area contributed by atoms with Crippen LogP contribution in [0.2, 0.25) is 5.02 Å². The molecule has 4 nitrogen and oxygen atoms in total. The third kappa shape index (κ3) is 3.56. The first-order chi connectivity index (χ1) is 11.4. The Morgan fingerprint density at radius 1 is 1.16 bits per heavy atom. The summed E-state index contributed by atoms with van der Waals surface area (Å²) in [7, 11) is 0. The minimum atomic E-state index is -4.68. The van der Waals surface area contributed by atoms with Gasteiger partial charge in [-0.1, -0.05) is 23.7 Å². The van der Waals surface area contributed by atoms with Crippen molar-refractivity contribution in [3.05, 3.63) is 57.1 Å². The first-order valence-corrected chi connectivity index (χ1v) is 7.55. The lowest BCUT2D eigenvalue weighted by Crippen LogP contribution is -2.28. The van der Waals surface area contributed by atoms with E-state index in [4.69, 9.17) is 11.6 Å². The highest BCUT2D eigenvalue weighted by atomic mass is 35.5. The normalized spacial score (nSPS) is 21.1. The van der Waals surface area contributed by atoms with Crippen molar-refractivity contribution in [3.63, 3.8) is 0 Å². The maximum absolute atomic E-state index is 13.1. The van der Waals surface area contributed by atoms with E-state index >= 15 is 0 Å². The molecule has 8 heteroatoms. The van der Waals surface area contributed by atoms with E-state index in [0.29, 0.717) is 5.57 Å². The van der Waals surface area contributed by atoms with E-state index in [-0.39, 0.29) is 16.7 Å². The van der Waals surface area contributed by atoms with Crippen molar-refractivity contribution in [1.29, 1.82) is 0 Å². The molecule has 2 unspecified atom stereocenters. The second-order valence-electron chi connectivity index (χ2n) is 5.79. The number of alkyl halides is 3. The van der Waals surface area contributed by atoms with E-state index in [9.17, 15) is 33.0 Å². The fourth-order valence-electron chi connectivity index (χ4n) is 3.12. The SMILES string of the molecule is CC1=CC(c2ccc(Cl)c(C(F)(F)F)c2)C(C(=O)O)C(C)=C1C(=O)O. The number of rotatable bonds is 3. The molecule has 1 aromatic carbocycles. The number of aliphatic carboxylic acids is 2. The summed E-state index contributed by atoms with van der Waals surface area (Å²) in [6.45, 7) is 2.85. The van der Waals surface area contributed by atoms with E-state index in [1.165, 1.54) is 26.0 Å². The summed E-state index contributed by atoms with van der Waals surface area (Å²) in [4.78, 5) is 23.0. The molecule has 0 saturated heterocycles. The summed E-state index contributed by atoms with van der Waals surface area (Å²) in [6, 6.07) is 3.19. The van der Waals surface area contributed by atoms with Crippen LogP contribution in [0.3, 0.4) is 0 Å². The second-order valence-corrected chi connectivity index (χ2v) is 6.20. The summed E-state index contributed by atoms with van der Waals surface area (Å²) in [5, 5.41) is 18.3. The molecule has 1 aliphatic rings. The van der Waals surface area contributed by atoms with Gasteiger partial charge in [0.25, 0.3) is 0 Å². The Morgan fingerprint density at radius 3 is 2.24 bits per heavy atom. The van der Waals surface area contributed by atoms with Gasteiger partial charge in [0.05, 0.1) is 22.1 Å². The zero-order valence-electron chi connectivity index (χ0n) is 13.2. The molecule has 0 heterocycles. The predicted octanol–water partition coefficient (Wildman–Crippen LogP) is 4.50. The first kappa shape index (κ1) is 19.1. The van der Waals surface area contributed by atoms with Gasteiger partial charge in [-0.25, -0.2) is 4.79 Å². The van der Waals surface area contributed by atoms with Gasteiger partial charge in [-0.3, -0.25) is 4.79 Å². The predicted molar refractivity (Wildman–Crippen MR) is 84.4 cm³/mol. The third-order valence-electron chi connectivity index (χ3n) is 4.20. The molecule has 2 rings (SSSR count). The Hall–Kier alpha value is -2.28. The van der Waals surface area contributed by atoms with Gasteiger partial charge < -0.3 is 10.2 Å². The van der Waals surface area contributed by atoms with Crippen molar-refractivity contribution in [2.75, 3.05) is 0 Å². The topological polar surface area (TPSA) is 74.6 Å². The second kappa shape index (κ2) is 6.55. The highest BCUT2D eigenvalue weighted by Gasteiger charge is 2.39. The van der Waals surface area contributed by atoms with Crippen LogP contribution in [-0.4, -0.2) is 22.2 Å². The van der Waals surface area contributed by atoms with E-state index < -0.39 is 40.5 Å². The average molecular weight is 375 g/mol. The molecule has 0 bridgehead atoms. The largest absolute Gasteiger partial charge is 0.481 e. The fraction of sp³-hybridized carbons (Fsp3) is 0.294. The molecule has 0 amide bonds. The number of halogens is 4. The fourth-order valence-corrected chi connectivity index (χ4v) is 3.34. The van der Waals surface area contributed by atoms with Gasteiger partial charge in [-0.05, 0) is 42.7 Å². The van der Waals surface area contributed by atoms with Gasteiger partial charge in [0, 0.05) is 5.92 Å². The van der Waals surface area contributed by atoms with Gasteiger partial charge >= 0.3 is 18.1 Å². The van der Waals surface area contributed by atoms with E-state index in [2.05, 4.69) is 0 Å². The van der Waals surface area contributed by atoms with Crippen LogP contribution in [0.4, 0.5) is 13.2 Å². The number of carbonyl (C=O) groups is 2. The lowest BCUT2D eigenvalue weighted by molar-refractivity contribution is -0.140. The van der Waals surface area contributed by atoms with Gasteiger partial charge in [-0.15, -0.1) is 0 Å². The molecule has 1 aliphatic carbocycles. The maximum Gasteiger partial charge on any atom is 0.417 e. The Morgan fingerprint density at radius 2 is 1.76 bits per heavy atom. The van der Waals surface area contributed by atoms with Crippen molar-refractivity contribution in [3.8, 4) is 0 Å². The standard InChI is InChI=1S/C17H14ClF3O4/c1-7-5-10(14(16(24)25)8(2)13(7)15(22)23)9-3-4-12(18)11(6-9)17(19,20)21/h3-6,10,14H,1-2H3,(H,22,23)(H,24,25). The lowest BCUT2D eigenvalue weighted by Gasteiger charge is -2.29. The molecule has 2 N–H and O–H groups in total. The lowest BCUT2D eigenvalue weighted by atomic mass is 9.73. The molecular weight excluding hydrogens is 361 g/mol. The summed E-state index contributed by atoms with van der Waals surface area (Å²) in [5.74, 6) is -4.80. The van der Waals surface area contributed by atoms with Crippen LogP contribution in [0.1, 0.15) is 30.9 Å². The first-order valence-electron chi connectivity index (χ1n) is 7.17. The quantitative estimate of drug-likeness (QED) is 0.816. The molecule has 0 aromatic heterocycles. The van der Waals surface area contributed by atoms with E-state index in [1.54, 1.807) is 0 Å². The molecule has 134 valence electrons. The number of carboxylic acid groups (broad SMARTS) is 2. The molecule has 1 aromatic rings. The zero-order chi connectivity index (χ0) is 19.1. The molecular formula is C17H14ClF3O4. The van der Waals surface area contributed by atoms with Crippen LogP contribution < -0.4 is 0 Å². The van der Waals surface area contributed by atoms with Crippen LogP contribution >= 0.6 is 11.6 Å². The molecule has 0 radical (unpaired) electrons. The van der Waals surface area contributed by atoms with Crippen molar-refractivity contribution < 1.29 is 33.0 Å². The molecule has 0 fully saturated rings. The van der Waals surface area contributed by atoms with Crippen LogP contribution in [0, 0.1) is 5.92 Å². The molecule has 0 spiro atoms. The number of hydrogen-bond acceptors (Lipinski definition) is 2.